The number of ether oxygens (including phenoxy) is 1. The molecule has 3 aromatic carbocycles. The summed E-state index contributed by atoms with van der Waals surface area (Å²) in [7, 11) is 0. The number of halogens is 1. The molecule has 8 nitrogen and oxygen atoms in total. The third-order valence-corrected chi connectivity index (χ3v) is 5.92. The molecule has 4 rings (SSSR count). The second-order valence-electron chi connectivity index (χ2n) is 7.69. The van der Waals surface area contributed by atoms with Gasteiger partial charge in [-0.1, -0.05) is 60.1 Å². The summed E-state index contributed by atoms with van der Waals surface area (Å²) in [5.41, 5.74) is 4.54. The van der Waals surface area contributed by atoms with E-state index in [0.29, 0.717) is 0 Å². The van der Waals surface area contributed by atoms with Gasteiger partial charge in [-0.25, -0.2) is 9.59 Å². The predicted octanol–water partition coefficient (Wildman–Crippen LogP) is 3.88. The van der Waals surface area contributed by atoms with Crippen molar-refractivity contribution in [2.24, 2.45) is 0 Å². The van der Waals surface area contributed by atoms with Crippen LogP contribution in [0.5, 0.6) is 0 Å². The summed E-state index contributed by atoms with van der Waals surface area (Å²) in [6.07, 6.45) is -0.750. The maximum atomic E-state index is 12.5. The lowest BCUT2D eigenvalue weighted by atomic mass is 9.98. The number of amides is 2. The zero-order chi connectivity index (χ0) is 24.2. The number of carbonyl (C=O) groups is 3. The quantitative estimate of drug-likeness (QED) is 0.407. The number of fused-ring (bicyclic) bond motifs is 3. The standard InChI is InChI=1S/C25H21ClN2O6/c26-20-10-9-14(23(30)27-22(12-29)24(31)32)11-21(20)28-25(33)34-13-19-17-7-3-1-5-15(17)16-6-2-4-8-18(16)19/h1-11,19,22,29H,12-13H2,(H,27,30)(H,28,33)(H,31,32). The Morgan fingerprint density at radius 1 is 0.971 bits per heavy atom. The van der Waals surface area contributed by atoms with Gasteiger partial charge >= 0.3 is 12.1 Å². The maximum absolute atomic E-state index is 12.5. The zero-order valence-electron chi connectivity index (χ0n) is 17.8. The molecule has 0 bridgehead atoms. The van der Waals surface area contributed by atoms with Gasteiger partial charge in [0.1, 0.15) is 6.61 Å². The van der Waals surface area contributed by atoms with Crippen molar-refractivity contribution in [1.29, 1.82) is 0 Å². The number of aliphatic hydroxyl groups is 1. The summed E-state index contributed by atoms with van der Waals surface area (Å²) < 4.78 is 5.49. The van der Waals surface area contributed by atoms with Crippen molar-refractivity contribution >= 4 is 35.3 Å². The molecule has 0 saturated heterocycles. The Morgan fingerprint density at radius 3 is 2.18 bits per heavy atom. The molecule has 0 aliphatic heterocycles. The summed E-state index contributed by atoms with van der Waals surface area (Å²) in [5, 5.41) is 23.0. The highest BCUT2D eigenvalue weighted by Gasteiger charge is 2.29. The molecule has 0 aromatic heterocycles. The molecule has 1 aliphatic rings. The lowest BCUT2D eigenvalue weighted by Crippen LogP contribution is -2.43. The molecule has 2 amide bonds. The minimum atomic E-state index is -1.46. The maximum Gasteiger partial charge on any atom is 0.411 e. The summed E-state index contributed by atoms with van der Waals surface area (Å²) in [5.74, 6) is -2.23. The molecule has 34 heavy (non-hydrogen) atoms. The number of anilines is 1. The molecule has 174 valence electrons. The van der Waals surface area contributed by atoms with Crippen LogP contribution in [0.3, 0.4) is 0 Å². The van der Waals surface area contributed by atoms with Gasteiger partial charge in [0.2, 0.25) is 0 Å². The van der Waals surface area contributed by atoms with E-state index < -0.39 is 30.6 Å². The summed E-state index contributed by atoms with van der Waals surface area (Å²) in [4.78, 5) is 35.9. The fourth-order valence-electron chi connectivity index (χ4n) is 3.93. The van der Waals surface area contributed by atoms with Crippen molar-refractivity contribution in [3.8, 4) is 11.1 Å². The van der Waals surface area contributed by atoms with Gasteiger partial charge in [0.25, 0.3) is 5.91 Å². The SMILES string of the molecule is O=C(Nc1cc(C(=O)NC(CO)C(=O)O)ccc1Cl)OCC1c2ccccc2-c2ccccc21. The van der Waals surface area contributed by atoms with Crippen LogP contribution in [0.2, 0.25) is 5.02 Å². The molecule has 0 saturated carbocycles. The second-order valence-corrected chi connectivity index (χ2v) is 8.10. The third kappa shape index (κ3) is 4.73. The zero-order valence-corrected chi connectivity index (χ0v) is 18.6. The van der Waals surface area contributed by atoms with Gasteiger partial charge in [-0.15, -0.1) is 0 Å². The Labute approximate surface area is 200 Å². The monoisotopic (exact) mass is 480 g/mol. The van der Waals surface area contributed by atoms with Gasteiger partial charge in [-0.05, 0) is 40.5 Å². The molecule has 4 N–H and O–H groups in total. The van der Waals surface area contributed by atoms with E-state index in [9.17, 15) is 14.4 Å². The molecule has 1 atom stereocenters. The number of aliphatic carboxylic acids is 1. The minimum Gasteiger partial charge on any atom is -0.480 e. The minimum absolute atomic E-state index is 0.0537. The lowest BCUT2D eigenvalue weighted by Gasteiger charge is -2.15. The lowest BCUT2D eigenvalue weighted by molar-refractivity contribution is -0.140. The van der Waals surface area contributed by atoms with Crippen molar-refractivity contribution in [2.75, 3.05) is 18.5 Å². The van der Waals surface area contributed by atoms with Crippen LogP contribution >= 0.6 is 11.6 Å². The van der Waals surface area contributed by atoms with Crippen LogP contribution in [-0.2, 0) is 9.53 Å². The number of carboxylic acids is 1. The molecule has 9 heteroatoms. The third-order valence-electron chi connectivity index (χ3n) is 5.59. The number of carboxylic acid groups (broad SMARTS) is 1. The molecule has 0 spiro atoms. The Balaban J connectivity index is 1.44. The first-order valence-corrected chi connectivity index (χ1v) is 10.8. The molecule has 0 heterocycles. The average Bonchev–Trinajstić information content (AvgIpc) is 3.16. The fraction of sp³-hybridized carbons (Fsp3) is 0.160. The number of benzene rings is 3. The van der Waals surface area contributed by atoms with Crippen LogP contribution in [0.1, 0.15) is 27.4 Å². The van der Waals surface area contributed by atoms with Crippen molar-refractivity contribution in [3.63, 3.8) is 0 Å². The Hall–Kier alpha value is -3.88. The normalized spacial score (nSPS) is 12.9. The molecule has 0 fully saturated rings. The molecule has 1 aliphatic carbocycles. The van der Waals surface area contributed by atoms with E-state index in [0.717, 1.165) is 22.3 Å². The highest BCUT2D eigenvalue weighted by Crippen LogP contribution is 2.44. The fourth-order valence-corrected chi connectivity index (χ4v) is 4.10. The van der Waals surface area contributed by atoms with Crippen LogP contribution in [0.15, 0.2) is 66.7 Å². The van der Waals surface area contributed by atoms with Gasteiger partial charge in [0, 0.05) is 11.5 Å². The van der Waals surface area contributed by atoms with E-state index in [1.54, 1.807) is 0 Å². The molecule has 0 radical (unpaired) electrons. The van der Waals surface area contributed by atoms with Gasteiger partial charge in [0.05, 0.1) is 17.3 Å². The Kier molecular flexibility index (Phi) is 6.81. The van der Waals surface area contributed by atoms with Crippen LogP contribution in [-0.4, -0.2) is 47.4 Å². The highest BCUT2D eigenvalue weighted by atomic mass is 35.5. The van der Waals surface area contributed by atoms with Gasteiger partial charge < -0.3 is 20.3 Å². The van der Waals surface area contributed by atoms with Crippen molar-refractivity contribution in [1.82, 2.24) is 5.32 Å². The number of hydrogen-bond donors (Lipinski definition) is 4. The molecule has 3 aromatic rings. The number of rotatable bonds is 7. The van der Waals surface area contributed by atoms with Crippen LogP contribution in [0, 0.1) is 0 Å². The van der Waals surface area contributed by atoms with Gasteiger partial charge in [0.15, 0.2) is 6.04 Å². The number of hydrogen-bond acceptors (Lipinski definition) is 5. The second kappa shape index (κ2) is 9.94. The van der Waals surface area contributed by atoms with Crippen molar-refractivity contribution < 1.29 is 29.3 Å². The topological polar surface area (TPSA) is 125 Å². The van der Waals surface area contributed by atoms with Gasteiger partial charge in [-0.3, -0.25) is 10.1 Å². The Morgan fingerprint density at radius 2 is 1.59 bits per heavy atom. The Bertz CT molecular complexity index is 1220. The van der Waals surface area contributed by atoms with Crippen molar-refractivity contribution in [2.45, 2.75) is 12.0 Å². The van der Waals surface area contributed by atoms with Crippen LogP contribution in [0.25, 0.3) is 11.1 Å². The first kappa shape index (κ1) is 23.3. The summed E-state index contributed by atoms with van der Waals surface area (Å²) >= 11 is 6.15. The van der Waals surface area contributed by atoms with Crippen molar-refractivity contribution in [3.05, 3.63) is 88.4 Å². The first-order chi connectivity index (χ1) is 16.4. The number of aliphatic hydroxyl groups excluding tert-OH is 1. The number of nitrogens with one attached hydrogen (secondary N) is 2. The molecular formula is C25H21ClN2O6. The summed E-state index contributed by atoms with van der Waals surface area (Å²) in [6.45, 7) is -0.659. The van der Waals surface area contributed by atoms with E-state index in [1.807, 2.05) is 48.5 Å². The van der Waals surface area contributed by atoms with E-state index in [2.05, 4.69) is 10.6 Å². The van der Waals surface area contributed by atoms with Crippen LogP contribution < -0.4 is 10.6 Å². The number of carbonyl (C=O) groups excluding carboxylic acids is 2. The van der Waals surface area contributed by atoms with E-state index in [4.69, 9.17) is 26.6 Å². The van der Waals surface area contributed by atoms with Gasteiger partial charge in [-0.2, -0.15) is 0 Å². The first-order valence-electron chi connectivity index (χ1n) is 10.4. The molecule has 1 unspecified atom stereocenters. The van der Waals surface area contributed by atoms with Crippen LogP contribution in [0.4, 0.5) is 10.5 Å². The van der Waals surface area contributed by atoms with E-state index in [1.165, 1.54) is 18.2 Å². The van der Waals surface area contributed by atoms with E-state index >= 15 is 0 Å². The summed E-state index contributed by atoms with van der Waals surface area (Å²) in [6, 6.07) is 18.5. The largest absolute Gasteiger partial charge is 0.480 e. The average molecular weight is 481 g/mol. The molecular weight excluding hydrogens is 460 g/mol. The van der Waals surface area contributed by atoms with E-state index in [-0.39, 0.29) is 28.8 Å². The highest BCUT2D eigenvalue weighted by molar-refractivity contribution is 6.33. The predicted molar refractivity (Wildman–Crippen MR) is 126 cm³/mol. The smallest absolute Gasteiger partial charge is 0.411 e.